The van der Waals surface area contributed by atoms with Crippen LogP contribution in [0.3, 0.4) is 0 Å². The fraction of sp³-hybridized carbons (Fsp3) is 0. The van der Waals surface area contributed by atoms with Gasteiger partial charge in [0.05, 0.1) is 5.02 Å². The number of pyridine rings is 1. The summed E-state index contributed by atoms with van der Waals surface area (Å²) >= 11 is 15.6. The molecule has 2 N–H and O–H groups in total. The van der Waals surface area contributed by atoms with Gasteiger partial charge in [-0.15, -0.1) is 0 Å². The van der Waals surface area contributed by atoms with E-state index in [2.05, 4.69) is 20.9 Å². The molecule has 0 amide bonds. The van der Waals surface area contributed by atoms with Crippen LogP contribution in [0.15, 0.2) is 41.0 Å². The van der Waals surface area contributed by atoms with E-state index in [9.17, 15) is 0 Å². The van der Waals surface area contributed by atoms with E-state index < -0.39 is 0 Å². The van der Waals surface area contributed by atoms with Crippen LogP contribution >= 0.6 is 39.1 Å². The van der Waals surface area contributed by atoms with Crippen molar-refractivity contribution in [1.29, 1.82) is 0 Å². The fourth-order valence-electron chi connectivity index (χ4n) is 1.93. The summed E-state index contributed by atoms with van der Waals surface area (Å²) < 4.78 is 2.63. The molecule has 0 bridgehead atoms. The van der Waals surface area contributed by atoms with Gasteiger partial charge in [0.25, 0.3) is 0 Å². The van der Waals surface area contributed by atoms with Gasteiger partial charge in [-0.05, 0) is 30.3 Å². The summed E-state index contributed by atoms with van der Waals surface area (Å²) in [6.45, 7) is 0. The van der Waals surface area contributed by atoms with Crippen molar-refractivity contribution in [2.24, 2.45) is 0 Å². The average molecular weight is 357 g/mol. The van der Waals surface area contributed by atoms with Gasteiger partial charge in [0.2, 0.25) is 0 Å². The van der Waals surface area contributed by atoms with Crippen molar-refractivity contribution in [3.63, 3.8) is 0 Å². The molecule has 19 heavy (non-hydrogen) atoms. The van der Waals surface area contributed by atoms with E-state index in [0.29, 0.717) is 27.2 Å². The Balaban J connectivity index is 2.34. The quantitative estimate of drug-likeness (QED) is 0.689. The Morgan fingerprint density at radius 2 is 2.00 bits per heavy atom. The maximum absolute atomic E-state index is 6.14. The molecule has 3 nitrogen and oxygen atoms in total. The first-order valence-corrected chi connectivity index (χ1v) is 7.00. The zero-order chi connectivity index (χ0) is 13.6. The predicted molar refractivity (Wildman–Crippen MR) is 82.8 cm³/mol. The van der Waals surface area contributed by atoms with E-state index in [1.54, 1.807) is 16.5 Å². The standard InChI is InChI=1S/C13H8BrCl2N3/c14-9-4-3-7(15)6-8(9)11-12(17)19-5-1-2-10(16)13(19)18-11/h1-6H,17H2. The van der Waals surface area contributed by atoms with Gasteiger partial charge in [-0.2, -0.15) is 0 Å². The number of nitrogens with two attached hydrogens (primary N) is 1. The van der Waals surface area contributed by atoms with Crippen LogP contribution in [-0.2, 0) is 0 Å². The summed E-state index contributed by atoms with van der Waals surface area (Å²) in [6.07, 6.45) is 1.82. The molecule has 0 saturated heterocycles. The summed E-state index contributed by atoms with van der Waals surface area (Å²) in [4.78, 5) is 4.50. The van der Waals surface area contributed by atoms with E-state index in [-0.39, 0.29) is 0 Å². The number of rotatable bonds is 1. The molecule has 3 aromatic rings. The van der Waals surface area contributed by atoms with Crippen LogP contribution in [0.5, 0.6) is 0 Å². The second kappa shape index (κ2) is 4.71. The Morgan fingerprint density at radius 1 is 1.21 bits per heavy atom. The SMILES string of the molecule is Nc1c(-c2cc(Cl)ccc2Br)nc2c(Cl)cccn12. The first-order chi connectivity index (χ1) is 9.08. The number of halogens is 3. The molecule has 1 aromatic carbocycles. The van der Waals surface area contributed by atoms with Crippen LogP contribution in [-0.4, -0.2) is 9.38 Å². The van der Waals surface area contributed by atoms with Gasteiger partial charge in [0.15, 0.2) is 5.65 Å². The van der Waals surface area contributed by atoms with Gasteiger partial charge in [0, 0.05) is 21.3 Å². The molecule has 0 fully saturated rings. The van der Waals surface area contributed by atoms with E-state index in [1.807, 2.05) is 24.4 Å². The van der Waals surface area contributed by atoms with Gasteiger partial charge < -0.3 is 5.73 Å². The van der Waals surface area contributed by atoms with Crippen molar-refractivity contribution < 1.29 is 0 Å². The molecular formula is C13H8BrCl2N3. The minimum absolute atomic E-state index is 0.528. The summed E-state index contributed by atoms with van der Waals surface area (Å²) in [6, 6.07) is 9.08. The highest BCUT2D eigenvalue weighted by molar-refractivity contribution is 9.10. The van der Waals surface area contributed by atoms with Crippen LogP contribution in [0.25, 0.3) is 16.9 Å². The smallest absolute Gasteiger partial charge is 0.157 e. The Kier molecular flexibility index (Phi) is 3.17. The number of imidazole rings is 1. The predicted octanol–water partition coefficient (Wildman–Crippen LogP) is 4.65. The third-order valence-corrected chi connectivity index (χ3v) is 4.04. The summed E-state index contributed by atoms with van der Waals surface area (Å²) in [7, 11) is 0. The van der Waals surface area contributed by atoms with Crippen LogP contribution in [0.2, 0.25) is 10.0 Å². The molecule has 0 radical (unpaired) electrons. The lowest BCUT2D eigenvalue weighted by molar-refractivity contribution is 1.20. The highest BCUT2D eigenvalue weighted by Gasteiger charge is 2.15. The maximum Gasteiger partial charge on any atom is 0.157 e. The molecule has 0 saturated carbocycles. The maximum atomic E-state index is 6.14. The normalized spacial score (nSPS) is 11.1. The van der Waals surface area contributed by atoms with Crippen molar-refractivity contribution in [3.05, 3.63) is 51.0 Å². The third kappa shape index (κ3) is 2.10. The number of nitrogen functional groups attached to an aromatic ring is 1. The minimum atomic E-state index is 0.528. The Labute approximate surface area is 128 Å². The number of anilines is 1. The van der Waals surface area contributed by atoms with Crippen molar-refractivity contribution in [2.45, 2.75) is 0 Å². The zero-order valence-corrected chi connectivity index (χ0v) is 12.7. The molecule has 0 spiro atoms. The van der Waals surface area contributed by atoms with Gasteiger partial charge in [-0.25, -0.2) is 4.98 Å². The molecule has 6 heteroatoms. The highest BCUT2D eigenvalue weighted by atomic mass is 79.9. The van der Waals surface area contributed by atoms with Crippen molar-refractivity contribution in [3.8, 4) is 11.3 Å². The number of hydrogen-bond donors (Lipinski definition) is 1. The van der Waals surface area contributed by atoms with Crippen molar-refractivity contribution in [1.82, 2.24) is 9.38 Å². The lowest BCUT2D eigenvalue weighted by Crippen LogP contribution is -1.94. The van der Waals surface area contributed by atoms with Crippen LogP contribution in [0, 0.1) is 0 Å². The fourth-order valence-corrected chi connectivity index (χ4v) is 2.74. The first kappa shape index (κ1) is 12.8. The first-order valence-electron chi connectivity index (χ1n) is 5.45. The molecule has 96 valence electrons. The second-order valence-electron chi connectivity index (χ2n) is 4.02. The van der Waals surface area contributed by atoms with Gasteiger partial charge in [0.1, 0.15) is 11.5 Å². The summed E-state index contributed by atoms with van der Waals surface area (Å²) in [5.41, 5.74) is 8.26. The number of hydrogen-bond acceptors (Lipinski definition) is 2. The highest BCUT2D eigenvalue weighted by Crippen LogP contribution is 2.35. The Bertz CT molecular complexity index is 783. The van der Waals surface area contributed by atoms with Crippen molar-refractivity contribution >= 4 is 50.6 Å². The Morgan fingerprint density at radius 3 is 2.74 bits per heavy atom. The van der Waals surface area contributed by atoms with E-state index >= 15 is 0 Å². The molecule has 0 aliphatic carbocycles. The molecule has 0 aliphatic rings. The Hall–Kier alpha value is -1.23. The van der Waals surface area contributed by atoms with E-state index in [0.717, 1.165) is 10.0 Å². The zero-order valence-electron chi connectivity index (χ0n) is 9.57. The number of benzene rings is 1. The number of nitrogens with zero attached hydrogens (tertiary/aromatic N) is 2. The van der Waals surface area contributed by atoms with Crippen LogP contribution in [0.4, 0.5) is 5.82 Å². The minimum Gasteiger partial charge on any atom is -0.383 e. The van der Waals surface area contributed by atoms with Crippen molar-refractivity contribution in [2.75, 3.05) is 5.73 Å². The molecule has 0 atom stereocenters. The average Bonchev–Trinajstić information content (AvgIpc) is 2.72. The monoisotopic (exact) mass is 355 g/mol. The molecular weight excluding hydrogens is 349 g/mol. The topological polar surface area (TPSA) is 43.3 Å². The number of fused-ring (bicyclic) bond motifs is 1. The van der Waals surface area contributed by atoms with Crippen LogP contribution < -0.4 is 5.73 Å². The third-order valence-electron chi connectivity index (χ3n) is 2.82. The van der Waals surface area contributed by atoms with Gasteiger partial charge in [-0.1, -0.05) is 39.1 Å². The van der Waals surface area contributed by atoms with Crippen LogP contribution in [0.1, 0.15) is 0 Å². The number of aromatic nitrogens is 2. The lowest BCUT2D eigenvalue weighted by atomic mass is 10.1. The second-order valence-corrected chi connectivity index (χ2v) is 5.72. The summed E-state index contributed by atoms with van der Waals surface area (Å²) in [5.74, 6) is 0.528. The van der Waals surface area contributed by atoms with E-state index in [1.165, 1.54) is 0 Å². The molecule has 0 aliphatic heterocycles. The molecule has 2 aromatic heterocycles. The molecule has 2 heterocycles. The van der Waals surface area contributed by atoms with E-state index in [4.69, 9.17) is 28.9 Å². The lowest BCUT2D eigenvalue weighted by Gasteiger charge is -2.03. The largest absolute Gasteiger partial charge is 0.383 e. The molecule has 0 unspecified atom stereocenters. The summed E-state index contributed by atoms with van der Waals surface area (Å²) in [5, 5.41) is 1.18. The van der Waals surface area contributed by atoms with Gasteiger partial charge >= 0.3 is 0 Å². The molecule has 3 rings (SSSR count). The van der Waals surface area contributed by atoms with Gasteiger partial charge in [-0.3, -0.25) is 4.40 Å².